The summed E-state index contributed by atoms with van der Waals surface area (Å²) in [5.41, 5.74) is 0.855. The Morgan fingerprint density at radius 2 is 2.31 bits per heavy atom. The predicted molar refractivity (Wildman–Crippen MR) is 73.5 cm³/mol. The molecule has 1 aromatic carbocycles. The number of hydrogen-bond acceptors (Lipinski definition) is 2. The van der Waals surface area contributed by atoms with Crippen LogP contribution in [-0.4, -0.2) is 19.1 Å². The van der Waals surface area contributed by atoms with Crippen molar-refractivity contribution < 1.29 is 9.53 Å². The Morgan fingerprint density at radius 3 is 3.00 bits per heavy atom. The summed E-state index contributed by atoms with van der Waals surface area (Å²) in [6.07, 6.45) is 1.27. The van der Waals surface area contributed by atoms with Crippen LogP contribution in [0.25, 0.3) is 0 Å². The summed E-state index contributed by atoms with van der Waals surface area (Å²) >= 11 is 2.22. The van der Waals surface area contributed by atoms with E-state index in [1.165, 1.54) is 0 Å². The second-order valence-electron chi connectivity index (χ2n) is 3.36. The van der Waals surface area contributed by atoms with Gasteiger partial charge in [0.2, 0.25) is 5.91 Å². The number of amides is 1. The zero-order valence-corrected chi connectivity index (χ0v) is 11.5. The van der Waals surface area contributed by atoms with Crippen LogP contribution in [0.15, 0.2) is 24.3 Å². The van der Waals surface area contributed by atoms with Gasteiger partial charge in [0.25, 0.3) is 0 Å². The number of nitrogens with one attached hydrogen (secondary N) is 1. The molecule has 0 saturated carbocycles. The van der Waals surface area contributed by atoms with Crippen molar-refractivity contribution in [3.05, 3.63) is 27.8 Å². The zero-order valence-electron chi connectivity index (χ0n) is 9.33. The van der Waals surface area contributed by atoms with Gasteiger partial charge >= 0.3 is 0 Å². The Balaban J connectivity index is 2.29. The molecular weight excluding hydrogens is 317 g/mol. The molecule has 0 aliphatic carbocycles. The van der Waals surface area contributed by atoms with E-state index in [1.807, 2.05) is 31.2 Å². The Hall–Kier alpha value is -0.620. The van der Waals surface area contributed by atoms with Crippen molar-refractivity contribution in [1.29, 1.82) is 0 Å². The second-order valence-corrected chi connectivity index (χ2v) is 4.60. The fourth-order valence-electron chi connectivity index (χ4n) is 1.27. The van der Waals surface area contributed by atoms with E-state index >= 15 is 0 Å². The maximum atomic E-state index is 11.5. The maximum absolute atomic E-state index is 11.5. The Kier molecular flexibility index (Phi) is 6.40. The lowest BCUT2D eigenvalue weighted by molar-refractivity contribution is -0.116. The minimum absolute atomic E-state index is 0.0432. The molecule has 1 N–H and O–H groups in total. The van der Waals surface area contributed by atoms with Gasteiger partial charge in [-0.05, 0) is 54.1 Å². The van der Waals surface area contributed by atoms with Crippen LogP contribution in [0.4, 0.5) is 5.69 Å². The fourth-order valence-corrected chi connectivity index (χ4v) is 1.81. The number of benzene rings is 1. The highest BCUT2D eigenvalue weighted by atomic mass is 127. The van der Waals surface area contributed by atoms with Crippen molar-refractivity contribution in [3.8, 4) is 0 Å². The smallest absolute Gasteiger partial charge is 0.224 e. The average molecular weight is 333 g/mol. The molecule has 0 spiro atoms. The first-order valence-corrected chi connectivity index (χ1v) is 6.43. The van der Waals surface area contributed by atoms with Crippen molar-refractivity contribution in [1.82, 2.24) is 0 Å². The van der Waals surface area contributed by atoms with Crippen molar-refractivity contribution in [2.75, 3.05) is 18.5 Å². The van der Waals surface area contributed by atoms with E-state index in [-0.39, 0.29) is 5.91 Å². The van der Waals surface area contributed by atoms with E-state index in [0.717, 1.165) is 15.7 Å². The Bertz CT molecular complexity index is 342. The molecule has 1 amide bonds. The van der Waals surface area contributed by atoms with Crippen LogP contribution in [0, 0.1) is 3.57 Å². The Labute approximate surface area is 110 Å². The van der Waals surface area contributed by atoms with Gasteiger partial charge in [0.05, 0.1) is 0 Å². The third-order valence-corrected chi connectivity index (χ3v) is 2.68. The molecule has 0 aromatic heterocycles. The van der Waals surface area contributed by atoms with Crippen molar-refractivity contribution in [2.45, 2.75) is 19.8 Å². The minimum atomic E-state index is 0.0432. The van der Waals surface area contributed by atoms with Crippen molar-refractivity contribution >= 4 is 34.2 Å². The number of halogens is 1. The maximum Gasteiger partial charge on any atom is 0.224 e. The highest BCUT2D eigenvalue weighted by Gasteiger charge is 2.02. The summed E-state index contributed by atoms with van der Waals surface area (Å²) in [6.45, 7) is 3.31. The normalized spacial score (nSPS) is 10.1. The van der Waals surface area contributed by atoms with Crippen molar-refractivity contribution in [3.63, 3.8) is 0 Å². The highest BCUT2D eigenvalue weighted by Crippen LogP contribution is 2.12. The molecule has 4 heteroatoms. The minimum Gasteiger partial charge on any atom is -0.382 e. The van der Waals surface area contributed by atoms with E-state index in [4.69, 9.17) is 4.74 Å². The number of rotatable bonds is 6. The largest absolute Gasteiger partial charge is 0.382 e. The van der Waals surface area contributed by atoms with Crippen molar-refractivity contribution in [2.24, 2.45) is 0 Å². The third-order valence-electron chi connectivity index (χ3n) is 2.01. The summed E-state index contributed by atoms with van der Waals surface area (Å²) in [7, 11) is 0. The summed E-state index contributed by atoms with van der Waals surface area (Å²) in [6, 6.07) is 7.76. The lowest BCUT2D eigenvalue weighted by Gasteiger charge is -2.05. The summed E-state index contributed by atoms with van der Waals surface area (Å²) < 4.78 is 6.29. The molecule has 0 radical (unpaired) electrons. The molecule has 16 heavy (non-hydrogen) atoms. The molecule has 0 saturated heterocycles. The number of carbonyl (C=O) groups is 1. The molecule has 0 heterocycles. The molecule has 1 rings (SSSR count). The molecule has 88 valence electrons. The second kappa shape index (κ2) is 7.62. The SMILES string of the molecule is CCOCCCC(=O)Nc1cccc(I)c1. The van der Waals surface area contributed by atoms with Crippen LogP contribution in [-0.2, 0) is 9.53 Å². The number of hydrogen-bond donors (Lipinski definition) is 1. The molecule has 0 bridgehead atoms. The number of carbonyl (C=O) groups excluding carboxylic acids is 1. The first-order valence-electron chi connectivity index (χ1n) is 5.35. The first-order chi connectivity index (χ1) is 7.72. The zero-order chi connectivity index (χ0) is 11.8. The average Bonchev–Trinajstić information content (AvgIpc) is 2.24. The topological polar surface area (TPSA) is 38.3 Å². The molecule has 0 aliphatic rings. The molecule has 0 unspecified atom stereocenters. The van der Waals surface area contributed by atoms with E-state index in [0.29, 0.717) is 19.6 Å². The fraction of sp³-hybridized carbons (Fsp3) is 0.417. The molecular formula is C12H16INO2. The van der Waals surface area contributed by atoms with E-state index < -0.39 is 0 Å². The van der Waals surface area contributed by atoms with Crippen LogP contribution >= 0.6 is 22.6 Å². The van der Waals surface area contributed by atoms with Gasteiger partial charge in [-0.1, -0.05) is 6.07 Å². The van der Waals surface area contributed by atoms with Gasteiger partial charge < -0.3 is 10.1 Å². The predicted octanol–water partition coefficient (Wildman–Crippen LogP) is 3.05. The van der Waals surface area contributed by atoms with E-state index in [1.54, 1.807) is 0 Å². The lowest BCUT2D eigenvalue weighted by Crippen LogP contribution is -2.12. The van der Waals surface area contributed by atoms with Crippen LogP contribution in [0.1, 0.15) is 19.8 Å². The van der Waals surface area contributed by atoms with E-state index in [9.17, 15) is 4.79 Å². The van der Waals surface area contributed by atoms with Gasteiger partial charge in [0, 0.05) is 28.9 Å². The van der Waals surface area contributed by atoms with Crippen LogP contribution in [0.2, 0.25) is 0 Å². The molecule has 0 atom stereocenters. The molecule has 0 fully saturated rings. The lowest BCUT2D eigenvalue weighted by atomic mass is 10.3. The third kappa shape index (κ3) is 5.46. The van der Waals surface area contributed by atoms with Crippen LogP contribution < -0.4 is 5.32 Å². The summed E-state index contributed by atoms with van der Waals surface area (Å²) in [4.78, 5) is 11.5. The van der Waals surface area contributed by atoms with Gasteiger partial charge in [0.1, 0.15) is 0 Å². The van der Waals surface area contributed by atoms with Gasteiger partial charge in [-0.2, -0.15) is 0 Å². The van der Waals surface area contributed by atoms with Gasteiger partial charge in [-0.25, -0.2) is 0 Å². The number of anilines is 1. The van der Waals surface area contributed by atoms with Gasteiger partial charge in [0.15, 0.2) is 0 Å². The molecule has 0 aliphatic heterocycles. The van der Waals surface area contributed by atoms with Gasteiger partial charge in [-0.15, -0.1) is 0 Å². The monoisotopic (exact) mass is 333 g/mol. The summed E-state index contributed by atoms with van der Waals surface area (Å²) in [5.74, 6) is 0.0432. The first kappa shape index (κ1) is 13.4. The highest BCUT2D eigenvalue weighted by molar-refractivity contribution is 14.1. The van der Waals surface area contributed by atoms with Crippen LogP contribution in [0.5, 0.6) is 0 Å². The molecule has 1 aromatic rings. The molecule has 3 nitrogen and oxygen atoms in total. The van der Waals surface area contributed by atoms with Gasteiger partial charge in [-0.3, -0.25) is 4.79 Å². The quantitative estimate of drug-likeness (QED) is 0.642. The summed E-state index contributed by atoms with van der Waals surface area (Å²) in [5, 5.41) is 2.86. The van der Waals surface area contributed by atoms with Crippen LogP contribution in [0.3, 0.4) is 0 Å². The Morgan fingerprint density at radius 1 is 1.50 bits per heavy atom. The standard InChI is InChI=1S/C12H16INO2/c1-2-16-8-4-7-12(15)14-11-6-3-5-10(13)9-11/h3,5-6,9H,2,4,7-8H2,1H3,(H,14,15). The van der Waals surface area contributed by atoms with E-state index in [2.05, 4.69) is 27.9 Å². The number of ether oxygens (including phenoxy) is 1.